The van der Waals surface area contributed by atoms with Gasteiger partial charge in [0.15, 0.2) is 0 Å². The number of halogens is 3. The van der Waals surface area contributed by atoms with Crippen molar-refractivity contribution in [3.05, 3.63) is 11.4 Å². The Morgan fingerprint density at radius 2 is 1.71 bits per heavy atom. The zero-order chi connectivity index (χ0) is 13.4. The average Bonchev–Trinajstić information content (AvgIpc) is 2.39. The Morgan fingerprint density at radius 3 is 2.06 bits per heavy atom. The molecule has 0 aliphatic heterocycles. The van der Waals surface area contributed by atoms with E-state index in [1.807, 2.05) is 27.7 Å². The molecule has 0 aliphatic carbocycles. The van der Waals surface area contributed by atoms with Crippen LogP contribution in [0.25, 0.3) is 0 Å². The maximum atomic E-state index is 12.4. The molecule has 6 heteroatoms. The van der Waals surface area contributed by atoms with E-state index in [0.29, 0.717) is 17.1 Å². The molecule has 0 bridgehead atoms. The predicted molar refractivity (Wildman–Crippen MR) is 60.9 cm³/mol. The summed E-state index contributed by atoms with van der Waals surface area (Å²) in [6, 6.07) is 0. The first-order chi connectivity index (χ1) is 7.63. The van der Waals surface area contributed by atoms with Crippen molar-refractivity contribution < 1.29 is 13.2 Å². The number of nitrogen functional groups attached to an aromatic ring is 1. The second-order valence-electron chi connectivity index (χ2n) is 4.77. The molecular weight excluding hydrogens is 231 g/mol. The zero-order valence-corrected chi connectivity index (χ0v) is 10.5. The summed E-state index contributed by atoms with van der Waals surface area (Å²) >= 11 is 0. The fraction of sp³-hybridized carbons (Fsp3) is 0.727. The molecule has 1 aromatic rings. The van der Waals surface area contributed by atoms with Crippen molar-refractivity contribution in [2.45, 2.75) is 52.3 Å². The van der Waals surface area contributed by atoms with Crippen molar-refractivity contribution in [3.63, 3.8) is 0 Å². The summed E-state index contributed by atoms with van der Waals surface area (Å²) < 4.78 is 38.3. The Morgan fingerprint density at radius 1 is 1.18 bits per heavy atom. The number of aromatic nitrogens is 2. The van der Waals surface area contributed by atoms with Crippen LogP contribution in [0.15, 0.2) is 0 Å². The van der Waals surface area contributed by atoms with Crippen LogP contribution < -0.4 is 5.73 Å². The van der Waals surface area contributed by atoms with Crippen molar-refractivity contribution >= 4 is 5.69 Å². The predicted octanol–water partition coefficient (Wildman–Crippen LogP) is 3.27. The summed E-state index contributed by atoms with van der Waals surface area (Å²) in [5.41, 5.74) is 7.27. The van der Waals surface area contributed by atoms with E-state index in [0.717, 1.165) is 4.68 Å². The van der Waals surface area contributed by atoms with Crippen molar-refractivity contribution in [1.29, 1.82) is 0 Å². The number of hydrogen-bond donors (Lipinski definition) is 1. The number of nitrogens with two attached hydrogens (primary N) is 1. The first kappa shape index (κ1) is 13.9. The second-order valence-corrected chi connectivity index (χ2v) is 4.77. The lowest BCUT2D eigenvalue weighted by Gasteiger charge is -2.12. The third-order valence-corrected chi connectivity index (χ3v) is 2.48. The van der Waals surface area contributed by atoms with E-state index >= 15 is 0 Å². The Balaban J connectivity index is 3.24. The van der Waals surface area contributed by atoms with E-state index in [-0.39, 0.29) is 11.8 Å². The van der Waals surface area contributed by atoms with Crippen molar-refractivity contribution in [3.8, 4) is 0 Å². The van der Waals surface area contributed by atoms with Crippen LogP contribution >= 0.6 is 0 Å². The molecule has 2 N–H and O–H groups in total. The van der Waals surface area contributed by atoms with Gasteiger partial charge in [-0.15, -0.1) is 0 Å². The van der Waals surface area contributed by atoms with Gasteiger partial charge in [0.1, 0.15) is 6.54 Å². The van der Waals surface area contributed by atoms with Crippen LogP contribution in [0.4, 0.5) is 18.9 Å². The van der Waals surface area contributed by atoms with Gasteiger partial charge in [0.2, 0.25) is 0 Å². The molecular formula is C11H18F3N3. The largest absolute Gasteiger partial charge is 0.408 e. The fourth-order valence-corrected chi connectivity index (χ4v) is 1.83. The first-order valence-electron chi connectivity index (χ1n) is 5.56. The molecule has 0 atom stereocenters. The molecule has 0 radical (unpaired) electrons. The van der Waals surface area contributed by atoms with Gasteiger partial charge in [-0.25, -0.2) is 0 Å². The molecule has 0 spiro atoms. The first-order valence-corrected chi connectivity index (χ1v) is 5.56. The minimum Gasteiger partial charge on any atom is -0.396 e. The monoisotopic (exact) mass is 249 g/mol. The van der Waals surface area contributed by atoms with Crippen LogP contribution in [-0.4, -0.2) is 16.0 Å². The van der Waals surface area contributed by atoms with E-state index in [4.69, 9.17) is 5.73 Å². The number of nitrogens with zero attached hydrogens (tertiary/aromatic N) is 2. The van der Waals surface area contributed by atoms with Crippen LogP contribution in [0.3, 0.4) is 0 Å². The summed E-state index contributed by atoms with van der Waals surface area (Å²) in [5, 5.41) is 3.99. The second kappa shape index (κ2) is 4.58. The van der Waals surface area contributed by atoms with Gasteiger partial charge < -0.3 is 5.73 Å². The molecule has 0 saturated carbocycles. The van der Waals surface area contributed by atoms with E-state index < -0.39 is 12.7 Å². The Hall–Kier alpha value is -1.20. The average molecular weight is 249 g/mol. The quantitative estimate of drug-likeness (QED) is 0.893. The van der Waals surface area contributed by atoms with Crippen LogP contribution in [0.5, 0.6) is 0 Å². The molecule has 1 aromatic heterocycles. The van der Waals surface area contributed by atoms with E-state index in [1.54, 1.807) is 0 Å². The fourth-order valence-electron chi connectivity index (χ4n) is 1.83. The highest BCUT2D eigenvalue weighted by Crippen LogP contribution is 2.31. The van der Waals surface area contributed by atoms with E-state index in [1.165, 1.54) is 0 Å². The van der Waals surface area contributed by atoms with Gasteiger partial charge in [0.05, 0.1) is 17.1 Å². The van der Waals surface area contributed by atoms with Crippen LogP contribution in [-0.2, 0) is 6.54 Å². The highest BCUT2D eigenvalue weighted by atomic mass is 19.4. The molecule has 0 aliphatic rings. The van der Waals surface area contributed by atoms with Crippen molar-refractivity contribution in [2.75, 3.05) is 5.73 Å². The number of alkyl halides is 3. The Labute approximate surface area is 98.8 Å². The molecule has 3 nitrogen and oxygen atoms in total. The maximum Gasteiger partial charge on any atom is 0.408 e. The summed E-state index contributed by atoms with van der Waals surface area (Å²) in [4.78, 5) is 0. The lowest BCUT2D eigenvalue weighted by molar-refractivity contribution is -0.143. The number of hydrogen-bond acceptors (Lipinski definition) is 2. The minimum atomic E-state index is -4.28. The van der Waals surface area contributed by atoms with Crippen LogP contribution in [0, 0.1) is 0 Å². The lowest BCUT2D eigenvalue weighted by Crippen LogP contribution is -2.21. The molecule has 0 aromatic carbocycles. The molecule has 17 heavy (non-hydrogen) atoms. The lowest BCUT2D eigenvalue weighted by atomic mass is 10.0. The summed E-state index contributed by atoms with van der Waals surface area (Å²) in [6.45, 7) is 6.26. The topological polar surface area (TPSA) is 43.8 Å². The Bertz CT molecular complexity index is 391. The third kappa shape index (κ3) is 3.14. The smallest absolute Gasteiger partial charge is 0.396 e. The molecule has 98 valence electrons. The van der Waals surface area contributed by atoms with Gasteiger partial charge in [-0.1, -0.05) is 27.7 Å². The van der Waals surface area contributed by atoms with E-state index in [2.05, 4.69) is 5.10 Å². The minimum absolute atomic E-state index is 0.0157. The van der Waals surface area contributed by atoms with Gasteiger partial charge in [-0.2, -0.15) is 18.3 Å². The third-order valence-electron chi connectivity index (χ3n) is 2.48. The SMILES string of the molecule is CC(C)c1nn(CC(F)(F)F)c(C(C)C)c1N. The molecule has 0 amide bonds. The Kier molecular flexibility index (Phi) is 3.74. The molecule has 1 rings (SSSR count). The molecule has 0 saturated heterocycles. The number of anilines is 1. The summed E-state index contributed by atoms with van der Waals surface area (Å²) in [7, 11) is 0. The normalized spacial score (nSPS) is 12.8. The maximum absolute atomic E-state index is 12.4. The van der Waals surface area contributed by atoms with E-state index in [9.17, 15) is 13.2 Å². The molecule has 0 unspecified atom stereocenters. The standard InChI is InChI=1S/C11H18F3N3/c1-6(2)9-8(15)10(7(3)4)17(16-9)5-11(12,13)14/h6-7H,5,15H2,1-4H3. The van der Waals surface area contributed by atoms with Gasteiger partial charge in [-0.3, -0.25) is 4.68 Å². The highest BCUT2D eigenvalue weighted by Gasteiger charge is 2.31. The molecule has 0 fully saturated rings. The van der Waals surface area contributed by atoms with Gasteiger partial charge in [0, 0.05) is 0 Å². The van der Waals surface area contributed by atoms with Crippen molar-refractivity contribution in [1.82, 2.24) is 9.78 Å². The van der Waals surface area contributed by atoms with Crippen LogP contribution in [0.1, 0.15) is 50.9 Å². The zero-order valence-electron chi connectivity index (χ0n) is 10.5. The highest BCUT2D eigenvalue weighted by molar-refractivity contribution is 5.51. The van der Waals surface area contributed by atoms with Gasteiger partial charge >= 0.3 is 6.18 Å². The van der Waals surface area contributed by atoms with Crippen LogP contribution in [0.2, 0.25) is 0 Å². The summed E-state index contributed by atoms with van der Waals surface area (Å²) in [5.74, 6) is -0.0701. The van der Waals surface area contributed by atoms with Crippen molar-refractivity contribution in [2.24, 2.45) is 0 Å². The molecule has 1 heterocycles. The van der Waals surface area contributed by atoms with Gasteiger partial charge in [-0.05, 0) is 11.8 Å². The van der Waals surface area contributed by atoms with Gasteiger partial charge in [0.25, 0.3) is 0 Å². The summed E-state index contributed by atoms with van der Waals surface area (Å²) in [6.07, 6.45) is -4.28. The number of rotatable bonds is 3.